The summed E-state index contributed by atoms with van der Waals surface area (Å²) in [5.41, 5.74) is 1.81. The molecule has 2 aromatic rings. The van der Waals surface area contributed by atoms with Gasteiger partial charge in [0.15, 0.2) is 11.5 Å². The zero-order valence-corrected chi connectivity index (χ0v) is 14.5. The van der Waals surface area contributed by atoms with Crippen molar-refractivity contribution in [3.63, 3.8) is 0 Å². The first-order valence-corrected chi connectivity index (χ1v) is 8.46. The summed E-state index contributed by atoms with van der Waals surface area (Å²) in [6.07, 6.45) is 1.39. The van der Waals surface area contributed by atoms with Crippen LogP contribution in [0.3, 0.4) is 0 Å². The van der Waals surface area contributed by atoms with Crippen molar-refractivity contribution in [3.05, 3.63) is 17.8 Å². The number of pyridine rings is 1. The first-order chi connectivity index (χ1) is 11.6. The van der Waals surface area contributed by atoms with Crippen LogP contribution in [0.5, 0.6) is 0 Å². The molecule has 7 heteroatoms. The van der Waals surface area contributed by atoms with Gasteiger partial charge in [0.05, 0.1) is 18.4 Å². The summed E-state index contributed by atoms with van der Waals surface area (Å²) in [7, 11) is 1.62. The quantitative estimate of drug-likeness (QED) is 0.847. The minimum atomic E-state index is 0.158. The average molecular weight is 331 g/mol. The molecule has 1 amide bonds. The lowest BCUT2D eigenvalue weighted by Gasteiger charge is -2.16. The Bertz CT molecular complexity index is 712. The number of anilines is 1. The Balaban J connectivity index is 1.70. The molecule has 0 saturated carbocycles. The fourth-order valence-electron chi connectivity index (χ4n) is 3.11. The first-order valence-electron chi connectivity index (χ1n) is 8.46. The Morgan fingerprint density at radius 2 is 2.33 bits per heavy atom. The van der Waals surface area contributed by atoms with Crippen molar-refractivity contribution in [1.29, 1.82) is 0 Å². The van der Waals surface area contributed by atoms with Crippen molar-refractivity contribution in [3.8, 4) is 0 Å². The summed E-state index contributed by atoms with van der Waals surface area (Å²) in [6.45, 7) is 6.15. The van der Waals surface area contributed by atoms with E-state index in [9.17, 15) is 4.79 Å². The Morgan fingerprint density at radius 1 is 1.50 bits per heavy atom. The Hall–Kier alpha value is -2.15. The third kappa shape index (κ3) is 3.51. The molecule has 3 heterocycles. The predicted molar refractivity (Wildman–Crippen MR) is 93.1 cm³/mol. The number of aromatic nitrogens is 3. The number of hydrogen-bond acceptors (Lipinski definition) is 5. The normalized spacial score (nSPS) is 17.8. The third-order valence-electron chi connectivity index (χ3n) is 4.35. The Morgan fingerprint density at radius 3 is 3.08 bits per heavy atom. The smallest absolute Gasteiger partial charge is 0.224 e. The van der Waals surface area contributed by atoms with E-state index in [2.05, 4.69) is 41.5 Å². The number of carbonyl (C=O) groups is 1. The number of hydrogen-bond donors (Lipinski definition) is 2. The van der Waals surface area contributed by atoms with Gasteiger partial charge in [-0.15, -0.1) is 0 Å². The molecule has 1 atom stereocenters. The van der Waals surface area contributed by atoms with E-state index in [0.29, 0.717) is 19.1 Å². The predicted octanol–water partition coefficient (Wildman–Crippen LogP) is 2.13. The van der Waals surface area contributed by atoms with Crippen LogP contribution in [-0.2, 0) is 9.53 Å². The molecular weight excluding hydrogens is 306 g/mol. The number of nitrogens with one attached hydrogen (secondary N) is 2. The molecule has 0 spiro atoms. The van der Waals surface area contributed by atoms with E-state index >= 15 is 0 Å². The second-order valence-corrected chi connectivity index (χ2v) is 6.57. The minimum absolute atomic E-state index is 0.158. The van der Waals surface area contributed by atoms with Gasteiger partial charge in [-0.2, -0.15) is 5.10 Å². The highest BCUT2D eigenvalue weighted by Crippen LogP contribution is 2.29. The summed E-state index contributed by atoms with van der Waals surface area (Å²) >= 11 is 0. The highest BCUT2D eigenvalue weighted by Gasteiger charge is 2.28. The summed E-state index contributed by atoms with van der Waals surface area (Å²) in [5, 5.41) is 11.6. The van der Waals surface area contributed by atoms with Crippen molar-refractivity contribution in [2.45, 2.75) is 38.6 Å². The van der Waals surface area contributed by atoms with Crippen molar-refractivity contribution in [2.75, 3.05) is 32.1 Å². The number of nitrogens with zero attached hydrogens (tertiary/aromatic N) is 3. The number of H-pyrrole nitrogens is 1. The maximum atomic E-state index is 12.1. The zero-order chi connectivity index (χ0) is 17.1. The average Bonchev–Trinajstić information content (AvgIpc) is 3.19. The first kappa shape index (κ1) is 16.7. The second-order valence-electron chi connectivity index (χ2n) is 6.57. The van der Waals surface area contributed by atoms with Crippen molar-refractivity contribution < 1.29 is 9.53 Å². The van der Waals surface area contributed by atoms with Gasteiger partial charge in [0.1, 0.15) is 0 Å². The third-order valence-corrected chi connectivity index (χ3v) is 4.35. The van der Waals surface area contributed by atoms with E-state index < -0.39 is 0 Å². The topological polar surface area (TPSA) is 83.1 Å². The molecule has 2 N–H and O–H groups in total. The molecule has 3 rings (SSSR count). The number of ether oxygens (including phenoxy) is 1. The minimum Gasteiger partial charge on any atom is -0.384 e. The van der Waals surface area contributed by atoms with Gasteiger partial charge in [-0.25, -0.2) is 4.98 Å². The maximum absolute atomic E-state index is 12.1. The van der Waals surface area contributed by atoms with Crippen LogP contribution in [-0.4, -0.2) is 58.8 Å². The van der Waals surface area contributed by atoms with E-state index in [1.807, 2.05) is 4.90 Å². The number of amides is 1. The Labute approximate surface area is 141 Å². The number of rotatable bonds is 6. The van der Waals surface area contributed by atoms with Crippen LogP contribution in [0.1, 0.15) is 38.3 Å². The maximum Gasteiger partial charge on any atom is 0.224 e. The van der Waals surface area contributed by atoms with Crippen LogP contribution in [0.25, 0.3) is 11.0 Å². The highest BCUT2D eigenvalue weighted by molar-refractivity contribution is 5.87. The molecule has 24 heavy (non-hydrogen) atoms. The molecule has 1 aliphatic rings. The molecule has 0 unspecified atom stereocenters. The summed E-state index contributed by atoms with van der Waals surface area (Å²) in [6, 6.07) is 4.43. The monoisotopic (exact) mass is 331 g/mol. The highest BCUT2D eigenvalue weighted by atomic mass is 16.5. The molecule has 0 aliphatic carbocycles. The second kappa shape index (κ2) is 7.17. The van der Waals surface area contributed by atoms with Gasteiger partial charge in [-0.05, 0) is 32.4 Å². The van der Waals surface area contributed by atoms with Gasteiger partial charge < -0.3 is 15.0 Å². The molecule has 130 valence electrons. The number of carbonyl (C=O) groups excluding carboxylic acids is 1. The molecule has 0 aromatic carbocycles. The van der Waals surface area contributed by atoms with Gasteiger partial charge in [0, 0.05) is 37.9 Å². The molecule has 1 aliphatic heterocycles. The molecule has 1 saturated heterocycles. The number of fused-ring (bicyclic) bond motifs is 1. The summed E-state index contributed by atoms with van der Waals surface area (Å²) in [4.78, 5) is 18.7. The number of aromatic amines is 1. The molecule has 7 nitrogen and oxygen atoms in total. The SMILES string of the molecule is COCCC(=O)N1CC[C@H](c2ccc3c(NC(C)C)n[nH]c3n2)C1. The van der Waals surface area contributed by atoms with Gasteiger partial charge in [-0.3, -0.25) is 9.89 Å². The molecular formula is C17H25N5O2. The van der Waals surface area contributed by atoms with E-state index in [0.717, 1.165) is 42.1 Å². The lowest BCUT2D eigenvalue weighted by Crippen LogP contribution is -2.29. The summed E-state index contributed by atoms with van der Waals surface area (Å²) < 4.78 is 4.98. The number of methoxy groups -OCH3 is 1. The van der Waals surface area contributed by atoms with Crippen LogP contribution in [0.2, 0.25) is 0 Å². The Kier molecular flexibility index (Phi) is 4.99. The van der Waals surface area contributed by atoms with Crippen LogP contribution >= 0.6 is 0 Å². The molecule has 1 fully saturated rings. The molecule has 0 bridgehead atoms. The number of likely N-dealkylation sites (tertiary alicyclic amines) is 1. The zero-order valence-electron chi connectivity index (χ0n) is 14.5. The van der Waals surface area contributed by atoms with Crippen LogP contribution in [0, 0.1) is 0 Å². The van der Waals surface area contributed by atoms with Gasteiger partial charge in [0.2, 0.25) is 5.91 Å². The largest absolute Gasteiger partial charge is 0.384 e. The molecule has 2 aromatic heterocycles. The van der Waals surface area contributed by atoms with Gasteiger partial charge in [0.25, 0.3) is 0 Å². The fourth-order valence-corrected chi connectivity index (χ4v) is 3.11. The van der Waals surface area contributed by atoms with E-state index in [4.69, 9.17) is 9.72 Å². The van der Waals surface area contributed by atoms with Crippen LogP contribution < -0.4 is 5.32 Å². The standard InChI is InChI=1S/C17H25N5O2/c1-11(2)18-16-13-4-5-14(19-17(13)21-20-16)12-6-8-22(10-12)15(23)7-9-24-3/h4-5,11-12H,6-10H2,1-3H3,(H2,18,19,20,21)/t12-/m0/s1. The van der Waals surface area contributed by atoms with Crippen LogP contribution in [0.4, 0.5) is 5.82 Å². The van der Waals surface area contributed by atoms with E-state index in [1.165, 1.54) is 0 Å². The van der Waals surface area contributed by atoms with Gasteiger partial charge >= 0.3 is 0 Å². The summed E-state index contributed by atoms with van der Waals surface area (Å²) in [5.74, 6) is 1.28. The van der Waals surface area contributed by atoms with E-state index in [1.54, 1.807) is 7.11 Å². The fraction of sp³-hybridized carbons (Fsp3) is 0.588. The van der Waals surface area contributed by atoms with Gasteiger partial charge in [-0.1, -0.05) is 0 Å². The van der Waals surface area contributed by atoms with Crippen molar-refractivity contribution in [1.82, 2.24) is 20.1 Å². The molecule has 0 radical (unpaired) electrons. The van der Waals surface area contributed by atoms with Crippen molar-refractivity contribution >= 4 is 22.8 Å². The van der Waals surface area contributed by atoms with Crippen molar-refractivity contribution in [2.24, 2.45) is 0 Å². The lowest BCUT2D eigenvalue weighted by molar-refractivity contribution is -0.131. The van der Waals surface area contributed by atoms with Crippen LogP contribution in [0.15, 0.2) is 12.1 Å². The lowest BCUT2D eigenvalue weighted by atomic mass is 10.0. The van der Waals surface area contributed by atoms with E-state index in [-0.39, 0.29) is 11.8 Å².